The smallest absolute Gasteiger partial charge is 0.264 e. The predicted molar refractivity (Wildman–Crippen MR) is 98.5 cm³/mol. The number of pyridine rings is 1. The fourth-order valence-electron chi connectivity index (χ4n) is 3.32. The predicted octanol–water partition coefficient (Wildman–Crippen LogP) is 3.79. The minimum absolute atomic E-state index is 0.0916. The second-order valence-corrected chi connectivity index (χ2v) is 5.94. The quantitative estimate of drug-likeness (QED) is 0.735. The molecule has 0 saturated heterocycles. The first-order valence-electron chi connectivity index (χ1n) is 8.21. The summed E-state index contributed by atoms with van der Waals surface area (Å²) in [5, 5.41) is 5.73. The maximum Gasteiger partial charge on any atom is 0.264 e. The van der Waals surface area contributed by atoms with Gasteiger partial charge in [0.2, 0.25) is 0 Å². The third kappa shape index (κ3) is 2.52. The molecule has 122 valence electrons. The number of amides is 1. The number of hydrogen-bond acceptors (Lipinski definition) is 3. The molecule has 0 unspecified atom stereocenters. The Kier molecular flexibility index (Phi) is 3.86. The largest absolute Gasteiger partial charge is 0.271 e. The van der Waals surface area contributed by atoms with Gasteiger partial charge >= 0.3 is 0 Å². The van der Waals surface area contributed by atoms with Gasteiger partial charge in [0.05, 0.1) is 0 Å². The van der Waals surface area contributed by atoms with Gasteiger partial charge in [-0.3, -0.25) is 4.79 Å². The van der Waals surface area contributed by atoms with Crippen LogP contribution in [0.5, 0.6) is 0 Å². The van der Waals surface area contributed by atoms with Crippen molar-refractivity contribution in [1.82, 2.24) is 4.98 Å². The number of carbonyl (C=O) groups is 1. The highest BCUT2D eigenvalue weighted by atomic mass is 16.2. The van der Waals surface area contributed by atoms with Crippen molar-refractivity contribution in [3.63, 3.8) is 0 Å². The summed E-state index contributed by atoms with van der Waals surface area (Å²) in [5.74, 6) is 0.436. The van der Waals surface area contributed by atoms with Crippen molar-refractivity contribution >= 4 is 17.9 Å². The van der Waals surface area contributed by atoms with Gasteiger partial charge < -0.3 is 0 Å². The Bertz CT molecular complexity index is 853. The standard InChI is InChI=1S/C21H17N3O/c25-20-21(17-9-3-1-4-10-17,18-11-5-2-6-12-18)14-16-23-24(20)19-13-7-8-15-22-19/h1-13,15-16H,14H2. The van der Waals surface area contributed by atoms with Crippen LogP contribution in [0.25, 0.3) is 0 Å². The zero-order chi connectivity index (χ0) is 17.1. The Morgan fingerprint density at radius 2 is 1.40 bits per heavy atom. The zero-order valence-electron chi connectivity index (χ0n) is 13.6. The Hall–Kier alpha value is -3.27. The van der Waals surface area contributed by atoms with Gasteiger partial charge in [-0.25, -0.2) is 4.98 Å². The minimum atomic E-state index is -0.804. The number of benzene rings is 2. The number of anilines is 1. The molecule has 4 rings (SSSR count). The highest BCUT2D eigenvalue weighted by Crippen LogP contribution is 2.39. The van der Waals surface area contributed by atoms with Gasteiger partial charge in [0.15, 0.2) is 5.82 Å². The average molecular weight is 327 g/mol. The molecule has 1 aliphatic rings. The Labute approximate surface area is 146 Å². The summed E-state index contributed by atoms with van der Waals surface area (Å²) in [7, 11) is 0. The first kappa shape index (κ1) is 15.3. The van der Waals surface area contributed by atoms with E-state index in [0.717, 1.165) is 11.1 Å². The Morgan fingerprint density at radius 3 is 1.96 bits per heavy atom. The normalized spacial score (nSPS) is 16.0. The number of aromatic nitrogens is 1. The van der Waals surface area contributed by atoms with E-state index < -0.39 is 5.41 Å². The molecule has 2 aromatic carbocycles. The maximum absolute atomic E-state index is 13.6. The molecule has 0 fully saturated rings. The van der Waals surface area contributed by atoms with E-state index in [1.807, 2.05) is 72.8 Å². The van der Waals surface area contributed by atoms with Crippen LogP contribution in [-0.4, -0.2) is 17.1 Å². The van der Waals surface area contributed by atoms with Crippen molar-refractivity contribution in [2.75, 3.05) is 5.01 Å². The fraction of sp³-hybridized carbons (Fsp3) is 0.0952. The van der Waals surface area contributed by atoms with Crippen LogP contribution in [0.3, 0.4) is 0 Å². The van der Waals surface area contributed by atoms with Crippen LogP contribution in [0.4, 0.5) is 5.82 Å². The Morgan fingerprint density at radius 1 is 0.800 bits per heavy atom. The minimum Gasteiger partial charge on any atom is -0.271 e. The first-order valence-corrected chi connectivity index (χ1v) is 8.21. The van der Waals surface area contributed by atoms with Crippen molar-refractivity contribution < 1.29 is 4.79 Å². The van der Waals surface area contributed by atoms with Gasteiger partial charge in [-0.05, 0) is 23.3 Å². The monoisotopic (exact) mass is 327 g/mol. The van der Waals surface area contributed by atoms with Gasteiger partial charge in [0, 0.05) is 18.8 Å². The molecule has 25 heavy (non-hydrogen) atoms. The van der Waals surface area contributed by atoms with Crippen molar-refractivity contribution in [3.05, 3.63) is 96.2 Å². The van der Waals surface area contributed by atoms with Gasteiger partial charge in [-0.1, -0.05) is 66.7 Å². The third-order valence-electron chi connectivity index (χ3n) is 4.55. The molecule has 4 nitrogen and oxygen atoms in total. The lowest BCUT2D eigenvalue weighted by Gasteiger charge is -2.37. The van der Waals surface area contributed by atoms with Gasteiger partial charge in [-0.2, -0.15) is 10.1 Å². The van der Waals surface area contributed by atoms with Crippen molar-refractivity contribution in [1.29, 1.82) is 0 Å². The number of carbonyl (C=O) groups excluding carboxylic acids is 1. The average Bonchev–Trinajstić information content (AvgIpc) is 2.70. The second-order valence-electron chi connectivity index (χ2n) is 5.94. The lowest BCUT2D eigenvalue weighted by atomic mass is 9.71. The van der Waals surface area contributed by atoms with Crippen LogP contribution < -0.4 is 5.01 Å². The van der Waals surface area contributed by atoms with Crippen LogP contribution in [-0.2, 0) is 10.2 Å². The van der Waals surface area contributed by atoms with E-state index in [9.17, 15) is 4.79 Å². The van der Waals surface area contributed by atoms with Gasteiger partial charge in [0.1, 0.15) is 5.41 Å². The zero-order valence-corrected chi connectivity index (χ0v) is 13.6. The fourth-order valence-corrected chi connectivity index (χ4v) is 3.32. The molecule has 0 spiro atoms. The summed E-state index contributed by atoms with van der Waals surface area (Å²) in [6.45, 7) is 0. The van der Waals surface area contributed by atoms with Crippen molar-refractivity contribution in [3.8, 4) is 0 Å². The highest BCUT2D eigenvalue weighted by molar-refractivity contribution is 6.06. The van der Waals surface area contributed by atoms with E-state index in [2.05, 4.69) is 10.1 Å². The lowest BCUT2D eigenvalue weighted by Crippen LogP contribution is -2.49. The van der Waals surface area contributed by atoms with Crippen LogP contribution >= 0.6 is 0 Å². The molecule has 0 N–H and O–H groups in total. The Balaban J connectivity index is 1.90. The van der Waals surface area contributed by atoms with Crippen LogP contribution in [0.1, 0.15) is 17.5 Å². The van der Waals surface area contributed by atoms with E-state index in [0.29, 0.717) is 12.2 Å². The highest BCUT2D eigenvalue weighted by Gasteiger charge is 2.46. The van der Waals surface area contributed by atoms with Crippen LogP contribution in [0, 0.1) is 0 Å². The van der Waals surface area contributed by atoms with E-state index >= 15 is 0 Å². The lowest BCUT2D eigenvalue weighted by molar-refractivity contribution is -0.123. The second kappa shape index (κ2) is 6.32. The summed E-state index contributed by atoms with van der Waals surface area (Å²) < 4.78 is 0. The number of hydrazone groups is 1. The van der Waals surface area contributed by atoms with E-state index in [1.165, 1.54) is 5.01 Å². The van der Waals surface area contributed by atoms with Gasteiger partial charge in [0.25, 0.3) is 5.91 Å². The molecule has 2 heterocycles. The molecule has 4 heteroatoms. The number of hydrogen-bond donors (Lipinski definition) is 0. The molecule has 1 aliphatic heterocycles. The van der Waals surface area contributed by atoms with Crippen molar-refractivity contribution in [2.45, 2.75) is 11.8 Å². The number of rotatable bonds is 3. The third-order valence-corrected chi connectivity index (χ3v) is 4.55. The van der Waals surface area contributed by atoms with E-state index in [-0.39, 0.29) is 5.91 Å². The SMILES string of the molecule is O=C1N(c2ccccn2)N=CCC1(c1ccccc1)c1ccccc1. The molecule has 1 amide bonds. The van der Waals surface area contributed by atoms with E-state index in [4.69, 9.17) is 0 Å². The first-order chi connectivity index (χ1) is 12.3. The van der Waals surface area contributed by atoms with E-state index in [1.54, 1.807) is 18.5 Å². The molecule has 0 bridgehead atoms. The van der Waals surface area contributed by atoms with Crippen LogP contribution in [0.15, 0.2) is 90.2 Å². The molecule has 3 aromatic rings. The summed E-state index contributed by atoms with van der Waals surface area (Å²) in [6, 6.07) is 25.2. The van der Waals surface area contributed by atoms with Crippen LogP contribution in [0.2, 0.25) is 0 Å². The molecule has 0 aliphatic carbocycles. The van der Waals surface area contributed by atoms with Crippen molar-refractivity contribution in [2.24, 2.45) is 5.10 Å². The molecule has 0 atom stereocenters. The summed E-state index contributed by atoms with van der Waals surface area (Å²) in [5.41, 5.74) is 1.11. The summed E-state index contributed by atoms with van der Waals surface area (Å²) in [4.78, 5) is 17.9. The summed E-state index contributed by atoms with van der Waals surface area (Å²) in [6.07, 6.45) is 3.98. The summed E-state index contributed by atoms with van der Waals surface area (Å²) >= 11 is 0. The molecular formula is C21H17N3O. The van der Waals surface area contributed by atoms with Gasteiger partial charge in [-0.15, -0.1) is 0 Å². The molecular weight excluding hydrogens is 310 g/mol. The molecule has 0 radical (unpaired) electrons. The molecule has 0 saturated carbocycles. The molecule has 1 aromatic heterocycles. The topological polar surface area (TPSA) is 45.6 Å². The number of nitrogens with zero attached hydrogens (tertiary/aromatic N) is 3. The maximum atomic E-state index is 13.6.